The Labute approximate surface area is 207 Å². The van der Waals surface area contributed by atoms with Crippen molar-refractivity contribution in [2.45, 2.75) is 90.4 Å². The lowest BCUT2D eigenvalue weighted by atomic mass is 9.76. The zero-order chi connectivity index (χ0) is 25.4. The molecule has 2 aromatic carbocycles. The van der Waals surface area contributed by atoms with Crippen molar-refractivity contribution in [1.29, 1.82) is 0 Å². The van der Waals surface area contributed by atoms with Crippen molar-refractivity contribution < 1.29 is 27.0 Å². The number of aryl methyl sites for hydroxylation is 1. The second-order valence-corrected chi connectivity index (χ2v) is 9.78. The van der Waals surface area contributed by atoms with Gasteiger partial charge in [-0.05, 0) is 66.7 Å². The van der Waals surface area contributed by atoms with Crippen LogP contribution in [0.25, 0.3) is 0 Å². The van der Waals surface area contributed by atoms with E-state index in [0.29, 0.717) is 35.4 Å². The van der Waals surface area contributed by atoms with Gasteiger partial charge in [-0.25, -0.2) is 13.2 Å². The van der Waals surface area contributed by atoms with E-state index in [4.69, 9.17) is 9.47 Å². The zero-order valence-electron chi connectivity index (χ0n) is 21.2. The summed E-state index contributed by atoms with van der Waals surface area (Å²) in [4.78, 5) is 0. The number of methoxy groups -OCH3 is 1. The number of benzene rings is 2. The zero-order valence-corrected chi connectivity index (χ0v) is 21.2. The van der Waals surface area contributed by atoms with Gasteiger partial charge in [-0.3, -0.25) is 0 Å². The molecule has 0 unspecified atom stereocenters. The van der Waals surface area contributed by atoms with Gasteiger partial charge in [0.1, 0.15) is 0 Å². The smallest absolute Gasteiger partial charge is 0.201 e. The van der Waals surface area contributed by atoms with Crippen LogP contribution in [0.3, 0.4) is 0 Å². The average Bonchev–Trinajstić information content (AvgIpc) is 2.86. The van der Waals surface area contributed by atoms with E-state index in [1.54, 1.807) is 12.1 Å². The van der Waals surface area contributed by atoms with Crippen LogP contribution < -0.4 is 4.74 Å². The molecule has 2 nitrogen and oxygen atoms in total. The topological polar surface area (TPSA) is 18.5 Å². The molecule has 0 spiro atoms. The van der Waals surface area contributed by atoms with Crippen LogP contribution in [0.2, 0.25) is 0 Å². The van der Waals surface area contributed by atoms with Crippen molar-refractivity contribution in [2.24, 2.45) is 5.92 Å². The Morgan fingerprint density at radius 2 is 1.49 bits per heavy atom. The Balaban J connectivity index is 1.89. The van der Waals surface area contributed by atoms with Crippen molar-refractivity contribution in [3.05, 3.63) is 63.7 Å². The van der Waals surface area contributed by atoms with Crippen molar-refractivity contribution in [2.75, 3.05) is 13.9 Å². The molecule has 3 rings (SSSR count). The lowest BCUT2D eigenvalue weighted by molar-refractivity contribution is 0.0470. The molecule has 0 saturated heterocycles. The van der Waals surface area contributed by atoms with Gasteiger partial charge in [0.25, 0.3) is 0 Å². The standard InChI is InChI=1S/C29H38F4O2/c1-4-6-7-9-19-10-12-20(13-11-19)24-17-23(29(35-18-34-3)28(33)27(24)32)16-22-15-14-21(8-5-2)25(30)26(22)31/h14-15,17,19-20H,4-13,16,18H2,1-3H3. The molecule has 0 aliphatic heterocycles. The Bertz CT molecular complexity index is 968. The molecule has 0 bridgehead atoms. The van der Waals surface area contributed by atoms with Crippen molar-refractivity contribution >= 4 is 0 Å². The summed E-state index contributed by atoms with van der Waals surface area (Å²) in [6, 6.07) is 4.67. The molecule has 0 heterocycles. The normalized spacial score (nSPS) is 18.1. The summed E-state index contributed by atoms with van der Waals surface area (Å²) in [6.45, 7) is 3.80. The van der Waals surface area contributed by atoms with Crippen molar-refractivity contribution in [3.63, 3.8) is 0 Å². The molecule has 2 aromatic rings. The molecule has 6 heteroatoms. The van der Waals surface area contributed by atoms with Crippen LogP contribution in [-0.2, 0) is 17.6 Å². The number of ether oxygens (including phenoxy) is 2. The molecule has 1 aliphatic carbocycles. The number of hydrogen-bond donors (Lipinski definition) is 0. The van der Waals surface area contributed by atoms with E-state index in [2.05, 4.69) is 6.92 Å². The quantitative estimate of drug-likeness (QED) is 0.167. The van der Waals surface area contributed by atoms with Gasteiger partial charge in [-0.2, -0.15) is 4.39 Å². The third kappa shape index (κ3) is 6.78. The fraction of sp³-hybridized carbons (Fsp3) is 0.586. The predicted octanol–water partition coefficient (Wildman–Crippen LogP) is 8.62. The molecule has 1 fully saturated rings. The van der Waals surface area contributed by atoms with Gasteiger partial charge in [0, 0.05) is 19.1 Å². The molecule has 194 valence electrons. The van der Waals surface area contributed by atoms with Crippen LogP contribution in [0.15, 0.2) is 18.2 Å². The van der Waals surface area contributed by atoms with Gasteiger partial charge in [0.2, 0.25) is 5.82 Å². The maximum absolute atomic E-state index is 15.2. The molecule has 1 saturated carbocycles. The van der Waals surface area contributed by atoms with Gasteiger partial charge in [-0.1, -0.05) is 58.1 Å². The number of unbranched alkanes of at least 4 members (excludes halogenated alkanes) is 2. The number of rotatable bonds is 12. The molecular weight excluding hydrogens is 456 g/mol. The minimum absolute atomic E-state index is 0.0845. The Morgan fingerprint density at radius 3 is 2.14 bits per heavy atom. The van der Waals surface area contributed by atoms with Gasteiger partial charge in [0.15, 0.2) is 30.0 Å². The minimum atomic E-state index is -1.09. The van der Waals surface area contributed by atoms with E-state index >= 15 is 8.78 Å². The van der Waals surface area contributed by atoms with Gasteiger partial charge in [0.05, 0.1) is 0 Å². The fourth-order valence-corrected chi connectivity index (χ4v) is 5.26. The Morgan fingerprint density at radius 1 is 0.800 bits per heavy atom. The largest absolute Gasteiger partial charge is 0.464 e. The predicted molar refractivity (Wildman–Crippen MR) is 131 cm³/mol. The lowest BCUT2D eigenvalue weighted by Crippen LogP contribution is -2.16. The Hall–Kier alpha value is -2.08. The summed E-state index contributed by atoms with van der Waals surface area (Å²) in [5, 5.41) is 0. The Kier molecular flexibility index (Phi) is 10.4. The first-order chi connectivity index (χ1) is 16.9. The van der Waals surface area contributed by atoms with Gasteiger partial charge in [-0.15, -0.1) is 0 Å². The van der Waals surface area contributed by atoms with E-state index in [1.807, 2.05) is 6.92 Å². The maximum atomic E-state index is 15.2. The van der Waals surface area contributed by atoms with E-state index in [1.165, 1.54) is 38.9 Å². The second kappa shape index (κ2) is 13.3. The molecule has 35 heavy (non-hydrogen) atoms. The van der Waals surface area contributed by atoms with Crippen LogP contribution in [0.4, 0.5) is 17.6 Å². The SMILES string of the molecule is CCCCCC1CCC(c2cc(Cc3ccc(CCC)c(F)c3F)c(OCOC)c(F)c2F)CC1. The summed E-state index contributed by atoms with van der Waals surface area (Å²) < 4.78 is 70.1. The van der Waals surface area contributed by atoms with Gasteiger partial charge < -0.3 is 9.47 Å². The van der Waals surface area contributed by atoms with E-state index < -0.39 is 23.3 Å². The van der Waals surface area contributed by atoms with Crippen LogP contribution in [0.5, 0.6) is 5.75 Å². The summed E-state index contributed by atoms with van der Waals surface area (Å²) in [7, 11) is 1.38. The highest BCUT2D eigenvalue weighted by Gasteiger charge is 2.29. The maximum Gasteiger partial charge on any atom is 0.201 e. The molecule has 1 aliphatic rings. The minimum Gasteiger partial charge on any atom is -0.464 e. The van der Waals surface area contributed by atoms with E-state index in [0.717, 1.165) is 25.7 Å². The molecule has 0 atom stereocenters. The third-order valence-electron chi connectivity index (χ3n) is 7.23. The first-order valence-electron chi connectivity index (χ1n) is 13.0. The monoisotopic (exact) mass is 494 g/mol. The number of halogens is 4. The first-order valence-corrected chi connectivity index (χ1v) is 13.0. The second-order valence-electron chi connectivity index (χ2n) is 9.78. The van der Waals surface area contributed by atoms with Gasteiger partial charge >= 0.3 is 0 Å². The molecule has 0 aromatic heterocycles. The van der Waals surface area contributed by atoms with Crippen LogP contribution in [0.1, 0.15) is 99.8 Å². The lowest BCUT2D eigenvalue weighted by Gasteiger charge is -2.30. The third-order valence-corrected chi connectivity index (χ3v) is 7.23. The summed E-state index contributed by atoms with van der Waals surface area (Å²) in [5.74, 6) is -3.62. The van der Waals surface area contributed by atoms with Crippen molar-refractivity contribution in [3.8, 4) is 5.75 Å². The highest BCUT2D eigenvalue weighted by atomic mass is 19.2. The fourth-order valence-electron chi connectivity index (χ4n) is 5.26. The molecule has 0 radical (unpaired) electrons. The molecule has 0 N–H and O–H groups in total. The molecular formula is C29H38F4O2. The van der Waals surface area contributed by atoms with Crippen molar-refractivity contribution in [1.82, 2.24) is 0 Å². The summed E-state index contributed by atoms with van der Waals surface area (Å²) in [6.07, 6.45) is 9.39. The highest BCUT2D eigenvalue weighted by Crippen LogP contribution is 2.42. The average molecular weight is 495 g/mol. The summed E-state index contributed by atoms with van der Waals surface area (Å²) in [5.41, 5.74) is 0.993. The first kappa shape index (κ1) is 27.5. The van der Waals surface area contributed by atoms with Crippen LogP contribution >= 0.6 is 0 Å². The van der Waals surface area contributed by atoms with Crippen LogP contribution in [0, 0.1) is 29.2 Å². The highest BCUT2D eigenvalue weighted by molar-refractivity contribution is 5.44. The molecule has 0 amide bonds. The van der Waals surface area contributed by atoms with Crippen LogP contribution in [-0.4, -0.2) is 13.9 Å². The van der Waals surface area contributed by atoms with E-state index in [9.17, 15) is 8.78 Å². The summed E-state index contributed by atoms with van der Waals surface area (Å²) >= 11 is 0. The number of hydrogen-bond acceptors (Lipinski definition) is 2. The van der Waals surface area contributed by atoms with E-state index in [-0.39, 0.29) is 30.4 Å².